The van der Waals surface area contributed by atoms with E-state index in [1.54, 1.807) is 41.2 Å². The van der Waals surface area contributed by atoms with Gasteiger partial charge in [0.2, 0.25) is 0 Å². The molecule has 0 aliphatic rings. The maximum Gasteiger partial charge on any atom is 0.345 e. The lowest BCUT2D eigenvalue weighted by molar-refractivity contribution is 0.0955. The number of nitrogens with one attached hydrogen (secondary N) is 1. The Labute approximate surface area is 187 Å². The lowest BCUT2D eigenvalue weighted by Gasteiger charge is -2.02. The van der Waals surface area contributed by atoms with Crippen LogP contribution in [0, 0.1) is 0 Å². The van der Waals surface area contributed by atoms with Crippen LogP contribution in [0.5, 0.6) is 0 Å². The topological polar surface area (TPSA) is 102 Å². The van der Waals surface area contributed by atoms with Crippen LogP contribution < -0.4 is 11.1 Å². The van der Waals surface area contributed by atoms with Crippen molar-refractivity contribution in [1.82, 2.24) is 20.2 Å². The van der Waals surface area contributed by atoms with Crippen molar-refractivity contribution in [1.29, 1.82) is 0 Å². The largest absolute Gasteiger partial charge is 0.422 e. The summed E-state index contributed by atoms with van der Waals surface area (Å²) in [5, 5.41) is 9.46. The number of nitrogens with zero attached hydrogens (tertiary/aromatic N) is 4. The summed E-state index contributed by atoms with van der Waals surface area (Å²) in [5.74, 6) is -0.379. The molecule has 0 aliphatic heterocycles. The van der Waals surface area contributed by atoms with E-state index in [1.165, 1.54) is 18.6 Å². The normalized spacial score (nSPS) is 11.2. The molecule has 33 heavy (non-hydrogen) atoms. The number of rotatable bonds is 5. The molecule has 0 aliphatic carbocycles. The molecule has 1 amide bonds. The number of carbonyl (C=O) groups is 1. The molecule has 8 nitrogen and oxygen atoms in total. The molecule has 0 saturated heterocycles. The standard InChI is InChI=1S/C25H17N5O3/c31-24(17-10-12-26-13-11-17)28-27-15-19-16-30(20-7-2-1-3-8-20)29-23(19)21-14-18-6-4-5-9-22(18)33-25(21)32/h1-16H,(H,28,31)/b27-15+. The molecule has 0 atom stereocenters. The average Bonchev–Trinajstić information content (AvgIpc) is 3.28. The van der Waals surface area contributed by atoms with Gasteiger partial charge >= 0.3 is 5.63 Å². The van der Waals surface area contributed by atoms with Gasteiger partial charge in [-0.25, -0.2) is 14.9 Å². The lowest BCUT2D eigenvalue weighted by atomic mass is 10.1. The third-order valence-electron chi connectivity index (χ3n) is 4.97. The maximum absolute atomic E-state index is 12.8. The zero-order valence-electron chi connectivity index (χ0n) is 17.3. The van der Waals surface area contributed by atoms with Crippen molar-refractivity contribution in [3.63, 3.8) is 0 Å². The van der Waals surface area contributed by atoms with Crippen LogP contribution in [0.4, 0.5) is 0 Å². The van der Waals surface area contributed by atoms with Gasteiger partial charge in [-0.15, -0.1) is 0 Å². The number of amides is 1. The monoisotopic (exact) mass is 435 g/mol. The molecule has 5 aromatic rings. The predicted molar refractivity (Wildman–Crippen MR) is 124 cm³/mol. The first-order valence-electron chi connectivity index (χ1n) is 10.1. The number of para-hydroxylation sites is 2. The van der Waals surface area contributed by atoms with Crippen molar-refractivity contribution in [3.05, 3.63) is 113 Å². The van der Waals surface area contributed by atoms with Crippen LogP contribution in [0.15, 0.2) is 106 Å². The molecule has 5 rings (SSSR count). The number of carbonyl (C=O) groups excluding carboxylic acids is 1. The average molecular weight is 435 g/mol. The van der Waals surface area contributed by atoms with Crippen molar-refractivity contribution in [3.8, 4) is 16.9 Å². The van der Waals surface area contributed by atoms with Gasteiger partial charge in [0.05, 0.1) is 17.5 Å². The van der Waals surface area contributed by atoms with Crippen LogP contribution in [0.3, 0.4) is 0 Å². The van der Waals surface area contributed by atoms with Crippen LogP contribution >= 0.6 is 0 Å². The van der Waals surface area contributed by atoms with E-state index in [-0.39, 0.29) is 5.91 Å². The summed E-state index contributed by atoms with van der Waals surface area (Å²) >= 11 is 0. The number of hydrazone groups is 1. The number of aromatic nitrogens is 3. The van der Waals surface area contributed by atoms with Crippen LogP contribution in [0.2, 0.25) is 0 Å². The van der Waals surface area contributed by atoms with E-state index in [4.69, 9.17) is 4.42 Å². The fourth-order valence-electron chi connectivity index (χ4n) is 3.36. The molecule has 3 aromatic heterocycles. The maximum atomic E-state index is 12.8. The van der Waals surface area contributed by atoms with Gasteiger partial charge in [0.25, 0.3) is 5.91 Å². The van der Waals surface area contributed by atoms with Crippen LogP contribution in [-0.2, 0) is 0 Å². The molecule has 8 heteroatoms. The van der Waals surface area contributed by atoms with Crippen molar-refractivity contribution in [2.75, 3.05) is 0 Å². The highest BCUT2D eigenvalue weighted by molar-refractivity contribution is 5.95. The Bertz CT molecular complexity index is 1520. The summed E-state index contributed by atoms with van der Waals surface area (Å²) < 4.78 is 7.14. The van der Waals surface area contributed by atoms with Crippen LogP contribution in [0.1, 0.15) is 15.9 Å². The second-order valence-corrected chi connectivity index (χ2v) is 7.13. The first-order chi connectivity index (χ1) is 16.2. The second-order valence-electron chi connectivity index (χ2n) is 7.13. The van der Waals surface area contributed by atoms with Gasteiger partial charge in [-0.2, -0.15) is 10.2 Å². The number of benzene rings is 2. The molecule has 1 N–H and O–H groups in total. The van der Waals surface area contributed by atoms with Gasteiger partial charge in [-0.3, -0.25) is 9.78 Å². The van der Waals surface area contributed by atoms with E-state index in [9.17, 15) is 9.59 Å². The predicted octanol–water partition coefficient (Wildman–Crippen LogP) is 3.80. The minimum Gasteiger partial charge on any atom is -0.422 e. The van der Waals surface area contributed by atoms with Gasteiger partial charge < -0.3 is 4.42 Å². The molecule has 0 radical (unpaired) electrons. The number of pyridine rings is 1. The van der Waals surface area contributed by atoms with Crippen molar-refractivity contribution < 1.29 is 9.21 Å². The van der Waals surface area contributed by atoms with Gasteiger partial charge in [0.1, 0.15) is 11.3 Å². The first kappa shape index (κ1) is 20.1. The Kier molecular flexibility index (Phi) is 5.30. The highest BCUT2D eigenvalue weighted by Gasteiger charge is 2.16. The lowest BCUT2D eigenvalue weighted by Crippen LogP contribution is -2.17. The van der Waals surface area contributed by atoms with E-state index >= 15 is 0 Å². The smallest absolute Gasteiger partial charge is 0.345 e. The zero-order chi connectivity index (χ0) is 22.6. The number of hydrogen-bond donors (Lipinski definition) is 1. The van der Waals surface area contributed by atoms with Crippen molar-refractivity contribution in [2.45, 2.75) is 0 Å². The van der Waals surface area contributed by atoms with Gasteiger partial charge in [0, 0.05) is 35.1 Å². The Morgan fingerprint density at radius 3 is 2.58 bits per heavy atom. The summed E-state index contributed by atoms with van der Waals surface area (Å²) in [6, 6.07) is 21.7. The molecule has 3 heterocycles. The van der Waals surface area contributed by atoms with E-state index in [0.29, 0.717) is 28.0 Å². The van der Waals surface area contributed by atoms with Gasteiger partial charge in [-0.05, 0) is 36.4 Å². The molecule has 2 aromatic carbocycles. The molecule has 160 valence electrons. The summed E-state index contributed by atoms with van der Waals surface area (Å²) in [6.07, 6.45) is 6.25. The summed E-state index contributed by atoms with van der Waals surface area (Å²) in [6.45, 7) is 0. The highest BCUT2D eigenvalue weighted by atomic mass is 16.4. The minimum atomic E-state index is -0.512. The van der Waals surface area contributed by atoms with E-state index in [1.807, 2.05) is 42.5 Å². The van der Waals surface area contributed by atoms with Crippen molar-refractivity contribution in [2.24, 2.45) is 5.10 Å². The Hall–Kier alpha value is -4.85. The number of hydrogen-bond acceptors (Lipinski definition) is 6. The summed E-state index contributed by atoms with van der Waals surface area (Å²) in [5.41, 5.74) is 4.93. The first-order valence-corrected chi connectivity index (χ1v) is 10.1. The zero-order valence-corrected chi connectivity index (χ0v) is 17.3. The van der Waals surface area contributed by atoms with E-state index < -0.39 is 5.63 Å². The van der Waals surface area contributed by atoms with E-state index in [0.717, 1.165) is 11.1 Å². The fraction of sp³-hybridized carbons (Fsp3) is 0. The molecular weight excluding hydrogens is 418 g/mol. The second kappa shape index (κ2) is 8.72. The molecule has 0 spiro atoms. The highest BCUT2D eigenvalue weighted by Crippen LogP contribution is 2.23. The van der Waals surface area contributed by atoms with Crippen molar-refractivity contribution >= 4 is 23.1 Å². The van der Waals surface area contributed by atoms with E-state index in [2.05, 4.69) is 20.6 Å². The summed E-state index contributed by atoms with van der Waals surface area (Å²) in [7, 11) is 0. The SMILES string of the molecule is O=C(N/N=C/c1cn(-c2ccccc2)nc1-c1cc2ccccc2oc1=O)c1ccncc1. The Balaban J connectivity index is 1.55. The Morgan fingerprint density at radius 1 is 1.00 bits per heavy atom. The molecule has 0 fully saturated rings. The molecular formula is C25H17N5O3. The number of fused-ring (bicyclic) bond motifs is 1. The molecule has 0 bridgehead atoms. The fourth-order valence-corrected chi connectivity index (χ4v) is 3.36. The molecule has 0 unspecified atom stereocenters. The quantitative estimate of drug-likeness (QED) is 0.257. The van der Waals surface area contributed by atoms with Gasteiger partial charge in [0.15, 0.2) is 0 Å². The summed E-state index contributed by atoms with van der Waals surface area (Å²) in [4.78, 5) is 28.9. The minimum absolute atomic E-state index is 0.297. The third-order valence-corrected chi connectivity index (χ3v) is 4.97. The van der Waals surface area contributed by atoms with Gasteiger partial charge in [-0.1, -0.05) is 36.4 Å². The molecule has 0 saturated carbocycles. The Morgan fingerprint density at radius 2 is 1.76 bits per heavy atom. The third kappa shape index (κ3) is 4.17. The van der Waals surface area contributed by atoms with Crippen LogP contribution in [0.25, 0.3) is 27.9 Å². The van der Waals surface area contributed by atoms with Crippen LogP contribution in [-0.4, -0.2) is 26.9 Å².